The van der Waals surface area contributed by atoms with Crippen molar-refractivity contribution in [2.24, 2.45) is 0 Å². The summed E-state index contributed by atoms with van der Waals surface area (Å²) in [5, 5.41) is 0. The van der Waals surface area contributed by atoms with Crippen molar-refractivity contribution >= 4 is 48.4 Å². The van der Waals surface area contributed by atoms with Crippen molar-refractivity contribution in [3.63, 3.8) is 0 Å². The summed E-state index contributed by atoms with van der Waals surface area (Å²) >= 11 is 0. The Morgan fingerprint density at radius 2 is 0.780 bits per heavy atom. The first-order chi connectivity index (χ1) is 20.0. The van der Waals surface area contributed by atoms with Crippen LogP contribution in [-0.4, -0.2) is 44.1 Å². The van der Waals surface area contributed by atoms with Crippen LogP contribution in [0.5, 0.6) is 0 Å². The normalized spacial score (nSPS) is 19.4. The Bertz CT molecular complexity index is 1670. The average Bonchev–Trinajstić information content (AvgIpc) is 3.82. The first kappa shape index (κ1) is 26.0. The van der Waals surface area contributed by atoms with Gasteiger partial charge in [-0.05, 0) is 98.5 Å². The predicted octanol–water partition coefficient (Wildman–Crippen LogP) is 5.87. The van der Waals surface area contributed by atoms with Crippen LogP contribution in [0.15, 0.2) is 70.8 Å². The SMILES string of the molecule is O=Cc1ccc(C=C2CCC(=Cc3ccc(Cc4ccc(C=C5CCC(=Cc6ccc(C=O)[nH]6)C5=O)[nH]4)[nH]3)C2=O)[nH]1. The highest BCUT2D eigenvalue weighted by molar-refractivity contribution is 6.16. The van der Waals surface area contributed by atoms with E-state index < -0.39 is 0 Å². The van der Waals surface area contributed by atoms with Crippen molar-refractivity contribution in [3.05, 3.63) is 116 Å². The molecule has 0 radical (unpaired) electrons. The number of hydrogen-bond acceptors (Lipinski definition) is 4. The number of nitrogens with one attached hydrogen (secondary N) is 4. The number of allylic oxidation sites excluding steroid dienone is 4. The van der Waals surface area contributed by atoms with E-state index >= 15 is 0 Å². The third kappa shape index (κ3) is 5.72. The molecule has 0 bridgehead atoms. The van der Waals surface area contributed by atoms with Crippen molar-refractivity contribution in [1.82, 2.24) is 19.9 Å². The molecule has 4 aromatic rings. The van der Waals surface area contributed by atoms with Gasteiger partial charge in [0.1, 0.15) is 0 Å². The molecule has 0 amide bonds. The quantitative estimate of drug-likeness (QED) is 0.163. The molecule has 2 fully saturated rings. The molecule has 2 aliphatic carbocycles. The van der Waals surface area contributed by atoms with Crippen LogP contribution in [0.2, 0.25) is 0 Å². The fraction of sp³-hybridized carbons (Fsp3) is 0.152. The standard InChI is InChI=1S/C33H28N4O4/c38-18-30-11-9-26(36-30)15-22-3-1-20(32(22)40)13-24-5-7-28(34-24)17-29-8-6-25(35-29)14-21-2-4-23(33(21)41)16-27-10-12-31(19-39)37-27/h5-16,18-19,34-37H,1-4,17H2. The van der Waals surface area contributed by atoms with E-state index in [4.69, 9.17) is 0 Å². The summed E-state index contributed by atoms with van der Waals surface area (Å²) in [5.74, 6) is 0.0621. The van der Waals surface area contributed by atoms with Gasteiger partial charge in [-0.1, -0.05) is 0 Å². The van der Waals surface area contributed by atoms with E-state index in [-0.39, 0.29) is 11.6 Å². The lowest BCUT2D eigenvalue weighted by molar-refractivity contribution is -0.112. The lowest BCUT2D eigenvalue weighted by Gasteiger charge is -1.98. The van der Waals surface area contributed by atoms with Crippen molar-refractivity contribution in [3.8, 4) is 0 Å². The second-order valence-corrected chi connectivity index (χ2v) is 10.4. The maximum Gasteiger partial charge on any atom is 0.185 e. The molecule has 0 unspecified atom stereocenters. The van der Waals surface area contributed by atoms with Crippen molar-refractivity contribution in [1.29, 1.82) is 0 Å². The van der Waals surface area contributed by atoms with Gasteiger partial charge < -0.3 is 19.9 Å². The molecule has 0 spiro atoms. The maximum absolute atomic E-state index is 12.9. The molecule has 4 N–H and O–H groups in total. The Morgan fingerprint density at radius 3 is 1.12 bits per heavy atom. The highest BCUT2D eigenvalue weighted by Gasteiger charge is 2.24. The van der Waals surface area contributed by atoms with Gasteiger partial charge in [0, 0.05) is 62.9 Å². The Hall–Kier alpha value is -5.24. The third-order valence-electron chi connectivity index (χ3n) is 7.45. The number of rotatable bonds is 8. The van der Waals surface area contributed by atoms with Crippen LogP contribution in [0.4, 0.5) is 0 Å². The van der Waals surface area contributed by atoms with Gasteiger partial charge in [-0.25, -0.2) is 0 Å². The predicted molar refractivity (Wildman–Crippen MR) is 157 cm³/mol. The summed E-state index contributed by atoms with van der Waals surface area (Å²) in [4.78, 5) is 60.3. The second-order valence-electron chi connectivity index (χ2n) is 10.4. The molecule has 8 nitrogen and oxygen atoms in total. The molecule has 0 aliphatic heterocycles. The van der Waals surface area contributed by atoms with E-state index in [9.17, 15) is 19.2 Å². The topological polar surface area (TPSA) is 131 Å². The minimum absolute atomic E-state index is 0.0310. The summed E-state index contributed by atoms with van der Waals surface area (Å²) in [6, 6.07) is 14.9. The van der Waals surface area contributed by atoms with Gasteiger partial charge in [0.2, 0.25) is 0 Å². The average molecular weight is 545 g/mol. The van der Waals surface area contributed by atoms with E-state index in [0.29, 0.717) is 43.5 Å². The molecule has 2 aliphatic rings. The van der Waals surface area contributed by atoms with E-state index in [1.807, 2.05) is 48.6 Å². The van der Waals surface area contributed by atoms with Gasteiger partial charge in [0.15, 0.2) is 24.1 Å². The summed E-state index contributed by atoms with van der Waals surface area (Å²) in [5.41, 5.74) is 9.22. The second kappa shape index (κ2) is 11.1. The van der Waals surface area contributed by atoms with Gasteiger partial charge in [-0.2, -0.15) is 0 Å². The fourth-order valence-electron chi connectivity index (χ4n) is 5.37. The summed E-state index contributed by atoms with van der Waals surface area (Å²) < 4.78 is 0. The number of aromatic amines is 4. The van der Waals surface area contributed by atoms with Crippen LogP contribution in [0.1, 0.15) is 80.8 Å². The zero-order chi connectivity index (χ0) is 28.3. The maximum atomic E-state index is 12.9. The number of Topliss-reactive ketones (excluding diaryl/α,β-unsaturated/α-hetero) is 2. The largest absolute Gasteiger partial charge is 0.359 e. The monoisotopic (exact) mass is 544 g/mol. The molecule has 204 valence electrons. The fourth-order valence-corrected chi connectivity index (χ4v) is 5.37. The summed E-state index contributed by atoms with van der Waals surface area (Å²) in [6.07, 6.45) is 12.3. The first-order valence-electron chi connectivity index (χ1n) is 13.5. The lowest BCUT2D eigenvalue weighted by atomic mass is 10.1. The Kier molecular flexibility index (Phi) is 7.04. The summed E-state index contributed by atoms with van der Waals surface area (Å²) in [6.45, 7) is 0. The van der Waals surface area contributed by atoms with Crippen LogP contribution < -0.4 is 0 Å². The summed E-state index contributed by atoms with van der Waals surface area (Å²) in [7, 11) is 0. The Labute approximate surface area is 236 Å². The number of hydrogen-bond donors (Lipinski definition) is 4. The third-order valence-corrected chi connectivity index (χ3v) is 7.45. The number of carbonyl (C=O) groups excluding carboxylic acids is 4. The highest BCUT2D eigenvalue weighted by atomic mass is 16.1. The molecule has 6 rings (SSSR count). The number of carbonyl (C=O) groups is 4. The highest BCUT2D eigenvalue weighted by Crippen LogP contribution is 2.30. The van der Waals surface area contributed by atoms with Crippen LogP contribution in [0, 0.1) is 0 Å². The zero-order valence-electron chi connectivity index (χ0n) is 22.3. The number of aldehydes is 2. The van der Waals surface area contributed by atoms with Gasteiger partial charge >= 0.3 is 0 Å². The molecule has 0 atom stereocenters. The van der Waals surface area contributed by atoms with Gasteiger partial charge in [-0.15, -0.1) is 0 Å². The van der Waals surface area contributed by atoms with Crippen molar-refractivity contribution < 1.29 is 19.2 Å². The van der Waals surface area contributed by atoms with Crippen molar-refractivity contribution in [2.75, 3.05) is 0 Å². The minimum Gasteiger partial charge on any atom is -0.359 e. The number of ketones is 2. The zero-order valence-corrected chi connectivity index (χ0v) is 22.3. The molecule has 4 heterocycles. The van der Waals surface area contributed by atoms with Crippen molar-refractivity contribution in [2.45, 2.75) is 32.1 Å². The molecule has 0 aromatic carbocycles. The van der Waals surface area contributed by atoms with E-state index in [2.05, 4.69) is 19.9 Å². The Morgan fingerprint density at radius 1 is 0.463 bits per heavy atom. The van der Waals surface area contributed by atoms with Crippen LogP contribution >= 0.6 is 0 Å². The molecule has 8 heteroatoms. The number of H-pyrrole nitrogens is 4. The molecule has 4 aromatic heterocycles. The molecule has 41 heavy (non-hydrogen) atoms. The van der Waals surface area contributed by atoms with E-state index in [1.54, 1.807) is 24.3 Å². The van der Waals surface area contributed by atoms with Gasteiger partial charge in [0.05, 0.1) is 11.4 Å². The molecular formula is C33H28N4O4. The first-order valence-corrected chi connectivity index (χ1v) is 13.5. The van der Waals surface area contributed by atoms with Crippen LogP contribution in [-0.2, 0) is 16.0 Å². The van der Waals surface area contributed by atoms with E-state index in [0.717, 1.165) is 69.0 Å². The number of aromatic nitrogens is 4. The van der Waals surface area contributed by atoms with Gasteiger partial charge in [0.25, 0.3) is 0 Å². The smallest absolute Gasteiger partial charge is 0.185 e. The lowest BCUT2D eigenvalue weighted by Crippen LogP contribution is -1.96. The molecular weight excluding hydrogens is 516 g/mol. The van der Waals surface area contributed by atoms with Crippen LogP contribution in [0.25, 0.3) is 24.3 Å². The van der Waals surface area contributed by atoms with Gasteiger partial charge in [-0.3, -0.25) is 19.2 Å². The Balaban J connectivity index is 1.09. The van der Waals surface area contributed by atoms with Crippen LogP contribution in [0.3, 0.4) is 0 Å². The molecule has 2 saturated carbocycles. The van der Waals surface area contributed by atoms with E-state index in [1.165, 1.54) is 0 Å². The molecule has 0 saturated heterocycles. The minimum atomic E-state index is 0.0310.